The topological polar surface area (TPSA) is 55.1 Å². The lowest BCUT2D eigenvalue weighted by molar-refractivity contribution is -0.121. The maximum Gasteiger partial charge on any atom is 0.220 e. The van der Waals surface area contributed by atoms with Gasteiger partial charge in [0.25, 0.3) is 0 Å². The van der Waals surface area contributed by atoms with Gasteiger partial charge < -0.3 is 11.1 Å². The average Bonchev–Trinajstić information content (AvgIpc) is 2.17. The van der Waals surface area contributed by atoms with Gasteiger partial charge in [-0.3, -0.25) is 4.79 Å². The lowest BCUT2D eigenvalue weighted by atomic mass is 10.1. The summed E-state index contributed by atoms with van der Waals surface area (Å²) in [5.74, 6) is 0.150. The summed E-state index contributed by atoms with van der Waals surface area (Å²) in [5, 5.41) is 2.94. The zero-order valence-electron chi connectivity index (χ0n) is 10.2. The summed E-state index contributed by atoms with van der Waals surface area (Å²) in [5.41, 5.74) is 5.38. The van der Waals surface area contributed by atoms with Crippen molar-refractivity contribution in [2.75, 3.05) is 6.54 Å². The van der Waals surface area contributed by atoms with E-state index < -0.39 is 0 Å². The first-order valence-corrected chi connectivity index (χ1v) is 5.81. The number of nitrogens with two attached hydrogens (primary N) is 1. The molecule has 0 aliphatic rings. The van der Waals surface area contributed by atoms with Gasteiger partial charge in [-0.05, 0) is 32.7 Å². The van der Waals surface area contributed by atoms with E-state index in [-0.39, 0.29) is 24.4 Å². The molecule has 0 saturated heterocycles. The summed E-state index contributed by atoms with van der Waals surface area (Å²) < 4.78 is 0. The van der Waals surface area contributed by atoms with Crippen LogP contribution in [0.25, 0.3) is 0 Å². The van der Waals surface area contributed by atoms with E-state index in [2.05, 4.69) is 11.9 Å². The average molecular weight is 249 g/mol. The van der Waals surface area contributed by atoms with Crippen molar-refractivity contribution in [1.82, 2.24) is 5.32 Å². The molecule has 0 aromatic rings. The number of hydrogen-bond acceptors (Lipinski definition) is 2. The Morgan fingerprint density at radius 1 is 1.38 bits per heavy atom. The van der Waals surface area contributed by atoms with Crippen LogP contribution in [0, 0.1) is 0 Å². The summed E-state index contributed by atoms with van der Waals surface area (Å²) in [7, 11) is 0. The van der Waals surface area contributed by atoms with E-state index in [1.807, 2.05) is 13.0 Å². The summed E-state index contributed by atoms with van der Waals surface area (Å²) in [6, 6.07) is 0.207. The molecule has 3 nitrogen and oxygen atoms in total. The molecule has 0 spiro atoms. The molecule has 1 amide bonds. The van der Waals surface area contributed by atoms with E-state index in [9.17, 15) is 4.79 Å². The standard InChI is InChI=1S/C12H24N2O.ClH/c1-3-8-11(2)14-12(15)9-6-4-5-7-10-13;/h3,11H,1,4-10,13H2,2H3,(H,14,15);1H. The number of hydrogen-bond donors (Lipinski definition) is 2. The Bertz CT molecular complexity index is 186. The van der Waals surface area contributed by atoms with Crippen LogP contribution in [0.2, 0.25) is 0 Å². The Kier molecular flexibility index (Phi) is 14.0. The zero-order valence-corrected chi connectivity index (χ0v) is 11.0. The van der Waals surface area contributed by atoms with Crippen molar-refractivity contribution in [2.45, 2.75) is 51.5 Å². The number of nitrogens with one attached hydrogen (secondary N) is 1. The maximum absolute atomic E-state index is 11.4. The van der Waals surface area contributed by atoms with E-state index in [0.29, 0.717) is 6.42 Å². The Morgan fingerprint density at radius 3 is 2.56 bits per heavy atom. The van der Waals surface area contributed by atoms with Crippen molar-refractivity contribution >= 4 is 18.3 Å². The van der Waals surface area contributed by atoms with Gasteiger partial charge in [-0.15, -0.1) is 19.0 Å². The van der Waals surface area contributed by atoms with Gasteiger partial charge in [0, 0.05) is 12.5 Å². The van der Waals surface area contributed by atoms with Crippen LogP contribution in [0.4, 0.5) is 0 Å². The molecule has 96 valence electrons. The molecule has 0 saturated carbocycles. The molecular formula is C12H25ClN2O. The van der Waals surface area contributed by atoms with Crippen molar-refractivity contribution in [3.63, 3.8) is 0 Å². The number of amides is 1. The molecule has 1 atom stereocenters. The largest absolute Gasteiger partial charge is 0.353 e. The Morgan fingerprint density at radius 2 is 2.00 bits per heavy atom. The molecule has 0 aliphatic carbocycles. The van der Waals surface area contributed by atoms with E-state index in [0.717, 1.165) is 38.6 Å². The highest BCUT2D eigenvalue weighted by Crippen LogP contribution is 2.02. The van der Waals surface area contributed by atoms with E-state index >= 15 is 0 Å². The second-order valence-electron chi connectivity index (χ2n) is 3.95. The van der Waals surface area contributed by atoms with Crippen molar-refractivity contribution < 1.29 is 4.79 Å². The van der Waals surface area contributed by atoms with Crippen LogP contribution in [-0.2, 0) is 4.79 Å². The first kappa shape index (κ1) is 17.8. The number of halogens is 1. The minimum atomic E-state index is 0. The van der Waals surface area contributed by atoms with Gasteiger partial charge in [0.1, 0.15) is 0 Å². The van der Waals surface area contributed by atoms with Gasteiger partial charge >= 0.3 is 0 Å². The molecule has 0 fully saturated rings. The van der Waals surface area contributed by atoms with E-state index in [1.54, 1.807) is 0 Å². The molecule has 0 bridgehead atoms. The van der Waals surface area contributed by atoms with Crippen LogP contribution in [0.1, 0.15) is 45.4 Å². The highest BCUT2D eigenvalue weighted by molar-refractivity contribution is 5.85. The number of unbranched alkanes of at least 4 members (excludes halogenated alkanes) is 3. The van der Waals surface area contributed by atoms with Gasteiger partial charge in [0.15, 0.2) is 0 Å². The van der Waals surface area contributed by atoms with Crippen LogP contribution >= 0.6 is 12.4 Å². The fourth-order valence-electron chi connectivity index (χ4n) is 1.44. The Labute approximate surface area is 105 Å². The summed E-state index contributed by atoms with van der Waals surface area (Å²) in [6.07, 6.45) is 7.55. The molecule has 0 aromatic heterocycles. The minimum Gasteiger partial charge on any atom is -0.353 e. The molecule has 0 aromatic carbocycles. The molecule has 0 aliphatic heterocycles. The second kappa shape index (κ2) is 12.5. The van der Waals surface area contributed by atoms with Gasteiger partial charge in [-0.1, -0.05) is 18.9 Å². The van der Waals surface area contributed by atoms with Crippen molar-refractivity contribution in [1.29, 1.82) is 0 Å². The van der Waals surface area contributed by atoms with E-state index in [1.165, 1.54) is 0 Å². The van der Waals surface area contributed by atoms with Crippen LogP contribution in [-0.4, -0.2) is 18.5 Å². The highest BCUT2D eigenvalue weighted by Gasteiger charge is 2.04. The first-order valence-electron chi connectivity index (χ1n) is 5.81. The summed E-state index contributed by atoms with van der Waals surface area (Å²) in [4.78, 5) is 11.4. The SMILES string of the molecule is C=CCC(C)NC(=O)CCCCCCN.Cl. The molecule has 1 unspecified atom stereocenters. The fraction of sp³-hybridized carbons (Fsp3) is 0.750. The van der Waals surface area contributed by atoms with Crippen LogP contribution in [0.15, 0.2) is 12.7 Å². The summed E-state index contributed by atoms with van der Waals surface area (Å²) in [6.45, 7) is 6.39. The monoisotopic (exact) mass is 248 g/mol. The normalized spacial score (nSPS) is 11.4. The minimum absolute atomic E-state index is 0. The highest BCUT2D eigenvalue weighted by atomic mass is 35.5. The summed E-state index contributed by atoms with van der Waals surface area (Å²) >= 11 is 0. The van der Waals surface area contributed by atoms with Gasteiger partial charge in [0.05, 0.1) is 0 Å². The predicted molar refractivity (Wildman–Crippen MR) is 71.8 cm³/mol. The lowest BCUT2D eigenvalue weighted by Gasteiger charge is -2.11. The first-order chi connectivity index (χ1) is 7.20. The second-order valence-corrected chi connectivity index (χ2v) is 3.95. The van der Waals surface area contributed by atoms with Crippen LogP contribution in [0.5, 0.6) is 0 Å². The molecule has 0 rings (SSSR count). The third kappa shape index (κ3) is 11.5. The quantitative estimate of drug-likeness (QED) is 0.486. The number of carbonyl (C=O) groups is 1. The maximum atomic E-state index is 11.4. The zero-order chi connectivity index (χ0) is 11.5. The van der Waals surface area contributed by atoms with Crippen molar-refractivity contribution in [2.24, 2.45) is 5.73 Å². The lowest BCUT2D eigenvalue weighted by Crippen LogP contribution is -2.31. The third-order valence-corrected chi connectivity index (χ3v) is 2.29. The molecule has 16 heavy (non-hydrogen) atoms. The van der Waals surface area contributed by atoms with Crippen molar-refractivity contribution in [3.05, 3.63) is 12.7 Å². The molecule has 0 radical (unpaired) electrons. The number of carbonyl (C=O) groups excluding carboxylic acids is 1. The van der Waals surface area contributed by atoms with Gasteiger partial charge in [-0.25, -0.2) is 0 Å². The Balaban J connectivity index is 0. The van der Waals surface area contributed by atoms with Crippen LogP contribution in [0.3, 0.4) is 0 Å². The smallest absolute Gasteiger partial charge is 0.220 e. The Hall–Kier alpha value is -0.540. The molecular weight excluding hydrogens is 224 g/mol. The third-order valence-electron chi connectivity index (χ3n) is 2.29. The molecule has 0 heterocycles. The van der Waals surface area contributed by atoms with Crippen LogP contribution < -0.4 is 11.1 Å². The van der Waals surface area contributed by atoms with E-state index in [4.69, 9.17) is 5.73 Å². The number of rotatable bonds is 9. The molecule has 4 heteroatoms. The van der Waals surface area contributed by atoms with Gasteiger partial charge in [-0.2, -0.15) is 0 Å². The predicted octanol–water partition coefficient (Wildman–Crippen LogP) is 2.40. The molecule has 3 N–H and O–H groups in total. The fourth-order valence-corrected chi connectivity index (χ4v) is 1.44. The van der Waals surface area contributed by atoms with Crippen molar-refractivity contribution in [3.8, 4) is 0 Å². The van der Waals surface area contributed by atoms with Gasteiger partial charge in [0.2, 0.25) is 5.91 Å².